The third kappa shape index (κ3) is 8.20. The van der Waals surface area contributed by atoms with Crippen LogP contribution in [0.5, 0.6) is 0 Å². The second-order valence-electron chi connectivity index (χ2n) is 7.63. The number of carbonyl (C=O) groups is 1. The van der Waals surface area contributed by atoms with Gasteiger partial charge in [0.2, 0.25) is 0 Å². The van der Waals surface area contributed by atoms with Crippen LogP contribution in [0, 0.1) is 5.41 Å². The first-order valence-electron chi connectivity index (χ1n) is 10.9. The monoisotopic (exact) mass is 593 g/mol. The summed E-state index contributed by atoms with van der Waals surface area (Å²) in [6.45, 7) is 5.63. The van der Waals surface area contributed by atoms with Crippen LogP contribution in [0.3, 0.4) is 0 Å². The van der Waals surface area contributed by atoms with Crippen LogP contribution in [0.4, 0.5) is 13.2 Å². The van der Waals surface area contributed by atoms with E-state index >= 15 is 0 Å². The lowest BCUT2D eigenvalue weighted by Gasteiger charge is -2.18. The van der Waals surface area contributed by atoms with E-state index in [2.05, 4.69) is 21.2 Å². The van der Waals surface area contributed by atoms with Gasteiger partial charge >= 0.3 is 12.1 Å². The van der Waals surface area contributed by atoms with Crippen LogP contribution in [-0.4, -0.2) is 70.2 Å². The van der Waals surface area contributed by atoms with Crippen LogP contribution in [-0.2, 0) is 19.4 Å². The fourth-order valence-corrected chi connectivity index (χ4v) is 4.30. The third-order valence-electron chi connectivity index (χ3n) is 5.10. The van der Waals surface area contributed by atoms with Crippen molar-refractivity contribution in [3.63, 3.8) is 0 Å². The number of hydrogen-bond donors (Lipinski definition) is 2. The predicted molar refractivity (Wildman–Crippen MR) is 134 cm³/mol. The molecule has 198 valence electrons. The Morgan fingerprint density at radius 2 is 1.86 bits per heavy atom. The first kappa shape index (κ1) is 29.6. The summed E-state index contributed by atoms with van der Waals surface area (Å²) < 4.78 is 73.5. The highest BCUT2D eigenvalue weighted by Gasteiger charge is 2.38. The number of hydrogen-bond acceptors (Lipinski definition) is 8. The van der Waals surface area contributed by atoms with Crippen molar-refractivity contribution in [2.45, 2.75) is 24.9 Å². The Labute approximate surface area is 216 Å². The molecule has 0 fully saturated rings. The summed E-state index contributed by atoms with van der Waals surface area (Å²) in [6.07, 6.45) is -3.92. The number of halogens is 4. The smallest absolute Gasteiger partial charge is 0.433 e. The Hall–Kier alpha value is -2.64. The predicted octanol–water partition coefficient (Wildman–Crippen LogP) is 4.47. The van der Waals surface area contributed by atoms with E-state index in [1.54, 1.807) is 6.07 Å². The van der Waals surface area contributed by atoms with Gasteiger partial charge in [0.1, 0.15) is 18.9 Å². The van der Waals surface area contributed by atoms with Gasteiger partial charge in [0, 0.05) is 18.4 Å². The lowest BCUT2D eigenvalue weighted by molar-refractivity contribution is -0.142. The average Bonchev–Trinajstić information content (AvgIpc) is 3.30. The molecule has 1 aromatic heterocycles. The van der Waals surface area contributed by atoms with E-state index in [4.69, 9.17) is 14.6 Å². The van der Waals surface area contributed by atoms with Gasteiger partial charge in [0.05, 0.1) is 15.1 Å². The van der Waals surface area contributed by atoms with Gasteiger partial charge in [-0.1, -0.05) is 26.0 Å². The molecule has 1 heterocycles. The zero-order valence-electron chi connectivity index (χ0n) is 19.9. The van der Waals surface area contributed by atoms with Crippen LogP contribution < -0.4 is 5.32 Å². The van der Waals surface area contributed by atoms with Gasteiger partial charge in [0.25, 0.3) is 0 Å². The third-order valence-corrected chi connectivity index (χ3v) is 7.00. The van der Waals surface area contributed by atoms with Crippen molar-refractivity contribution in [3.05, 3.63) is 46.6 Å². The van der Waals surface area contributed by atoms with E-state index in [0.29, 0.717) is 12.1 Å². The van der Waals surface area contributed by atoms with E-state index in [0.717, 1.165) is 19.3 Å². The van der Waals surface area contributed by atoms with E-state index in [-0.39, 0.29) is 28.7 Å². The lowest BCUT2D eigenvalue weighted by atomic mass is 10.2. The lowest BCUT2D eigenvalue weighted by Crippen LogP contribution is -2.31. The molecule has 0 bridgehead atoms. The molecule has 0 aliphatic heterocycles. The van der Waals surface area contributed by atoms with Crippen molar-refractivity contribution >= 4 is 43.1 Å². The van der Waals surface area contributed by atoms with Gasteiger partial charge in [-0.2, -0.15) is 13.2 Å². The van der Waals surface area contributed by atoms with E-state index < -0.39 is 38.7 Å². The zero-order chi connectivity index (χ0) is 27.1. The zero-order valence-corrected chi connectivity index (χ0v) is 22.3. The molecule has 8 nitrogen and oxygen atoms in total. The van der Waals surface area contributed by atoms with Gasteiger partial charge in [-0.3, -0.25) is 10.2 Å². The van der Waals surface area contributed by atoms with Crippen molar-refractivity contribution in [1.82, 2.24) is 10.2 Å². The van der Waals surface area contributed by atoms with Crippen molar-refractivity contribution in [3.8, 4) is 11.3 Å². The highest BCUT2D eigenvalue weighted by atomic mass is 79.9. The minimum atomic E-state index is -4.96. The number of sulfone groups is 1. The van der Waals surface area contributed by atoms with Crippen LogP contribution in [0.25, 0.3) is 17.0 Å². The minimum absolute atomic E-state index is 0.0410. The molecule has 2 N–H and O–H groups in total. The van der Waals surface area contributed by atoms with E-state index in [1.165, 1.54) is 30.3 Å². The number of alkyl halides is 3. The summed E-state index contributed by atoms with van der Waals surface area (Å²) in [6, 6.07) is 8.65. The molecule has 1 aromatic carbocycles. The van der Waals surface area contributed by atoms with Crippen LogP contribution in [0.1, 0.15) is 19.6 Å². The Bertz CT molecular complexity index is 1220. The molecule has 0 spiro atoms. The number of benzene rings is 1. The molecule has 13 heteroatoms. The molecule has 0 atom stereocenters. The number of rotatable bonds is 12. The molecule has 0 saturated heterocycles. The fraction of sp³-hybridized carbons (Fsp3) is 0.391. The molecule has 36 heavy (non-hydrogen) atoms. The largest absolute Gasteiger partial charge is 0.463 e. The van der Waals surface area contributed by atoms with Crippen LogP contribution in [0.15, 0.2) is 50.2 Å². The van der Waals surface area contributed by atoms with Crippen molar-refractivity contribution in [2.24, 2.45) is 0 Å². The second-order valence-corrected chi connectivity index (χ2v) is 10.4. The highest BCUT2D eigenvalue weighted by molar-refractivity contribution is 9.12. The molecular weight excluding hydrogens is 567 g/mol. The number of likely N-dealkylation sites (N-methyl/N-ethyl adjacent to an activating group) is 1. The van der Waals surface area contributed by atoms with Crippen molar-refractivity contribution in [2.75, 3.05) is 39.0 Å². The second kappa shape index (κ2) is 12.5. The molecule has 2 aromatic rings. The first-order chi connectivity index (χ1) is 16.8. The van der Waals surface area contributed by atoms with Crippen LogP contribution >= 0.6 is 15.9 Å². The SMILES string of the molecule is CCN(CC)CCOC(=O)CN/C(=C(/Br)C(=N)C(F)(F)F)c1ccc(-c2cccc(S(C)(=O)=O)c2)o1. The van der Waals surface area contributed by atoms with Crippen molar-refractivity contribution < 1.29 is 35.5 Å². The number of carbonyl (C=O) groups excluding carboxylic acids is 1. The molecule has 0 unspecified atom stereocenters. The summed E-state index contributed by atoms with van der Waals surface area (Å²) >= 11 is 2.80. The molecule has 2 rings (SSSR count). The quantitative estimate of drug-likeness (QED) is 0.276. The summed E-state index contributed by atoms with van der Waals surface area (Å²) in [5.74, 6) is -0.631. The molecule has 0 amide bonds. The molecule has 0 aliphatic carbocycles. The Morgan fingerprint density at radius 3 is 2.44 bits per heavy atom. The maximum absolute atomic E-state index is 13.2. The number of nitrogens with zero attached hydrogens (tertiary/aromatic N) is 1. The number of allylic oxidation sites excluding steroid dienone is 1. The first-order valence-corrected chi connectivity index (χ1v) is 13.5. The van der Waals surface area contributed by atoms with E-state index in [9.17, 15) is 26.4 Å². The topological polar surface area (TPSA) is 113 Å². The van der Waals surface area contributed by atoms with Gasteiger partial charge in [-0.05, 0) is 53.3 Å². The Kier molecular flexibility index (Phi) is 10.3. The maximum atomic E-state index is 13.2. The summed E-state index contributed by atoms with van der Waals surface area (Å²) in [5, 5.41) is 10.0. The normalized spacial score (nSPS) is 12.9. The van der Waals surface area contributed by atoms with E-state index in [1.807, 2.05) is 18.7 Å². The minimum Gasteiger partial charge on any atom is -0.463 e. The number of ether oxygens (including phenoxy) is 1. The van der Waals surface area contributed by atoms with Gasteiger partial charge in [-0.15, -0.1) is 0 Å². The van der Waals surface area contributed by atoms with Crippen molar-refractivity contribution in [1.29, 1.82) is 5.41 Å². The molecule has 0 saturated carbocycles. The Balaban J connectivity index is 2.30. The maximum Gasteiger partial charge on any atom is 0.433 e. The summed E-state index contributed by atoms with van der Waals surface area (Å²) in [5.41, 5.74) is -1.60. The van der Waals surface area contributed by atoms with Gasteiger partial charge in [0.15, 0.2) is 21.3 Å². The standard InChI is InChI=1S/C23H27BrF3N3O5S/c1-4-30(5-2)11-12-34-19(31)14-29-21(20(24)22(28)23(25,26)27)18-10-9-17(35-18)15-7-6-8-16(13-15)36(3,32)33/h6-10,13,28-29H,4-5,11-12,14H2,1-3H3/b21-20+,28-22?. The Morgan fingerprint density at radius 1 is 1.19 bits per heavy atom. The van der Waals surface area contributed by atoms with Gasteiger partial charge in [-0.25, -0.2) is 8.42 Å². The molecule has 0 radical (unpaired) electrons. The highest BCUT2D eigenvalue weighted by Crippen LogP contribution is 2.32. The summed E-state index contributed by atoms with van der Waals surface area (Å²) in [4.78, 5) is 14.3. The van der Waals surface area contributed by atoms with Crippen LogP contribution in [0.2, 0.25) is 0 Å². The number of furan rings is 1. The molecular formula is C23H27BrF3N3O5S. The average molecular weight is 594 g/mol. The number of esters is 1. The molecule has 0 aliphatic rings. The number of nitrogens with one attached hydrogen (secondary N) is 2. The fourth-order valence-electron chi connectivity index (χ4n) is 3.07. The summed E-state index contributed by atoms with van der Waals surface area (Å²) in [7, 11) is -3.50. The van der Waals surface area contributed by atoms with Gasteiger partial charge < -0.3 is 19.4 Å².